The van der Waals surface area contributed by atoms with Gasteiger partial charge in [0.25, 0.3) is 0 Å². The Labute approximate surface area is 112 Å². The van der Waals surface area contributed by atoms with Crippen LogP contribution < -0.4 is 5.01 Å². The highest BCUT2D eigenvalue weighted by Crippen LogP contribution is 2.58. The molecule has 1 fully saturated rings. The Morgan fingerprint density at radius 2 is 1.83 bits per heavy atom. The van der Waals surface area contributed by atoms with Crippen molar-refractivity contribution in [1.29, 1.82) is 0 Å². The summed E-state index contributed by atoms with van der Waals surface area (Å²) in [7, 11) is 0. The van der Waals surface area contributed by atoms with E-state index >= 15 is 0 Å². The van der Waals surface area contributed by atoms with Crippen molar-refractivity contribution in [2.45, 2.75) is 10.5 Å². The van der Waals surface area contributed by atoms with Gasteiger partial charge in [-0.2, -0.15) is 0 Å². The van der Waals surface area contributed by atoms with Gasteiger partial charge < -0.3 is 10.2 Å². The fourth-order valence-electron chi connectivity index (χ4n) is 1.91. The number of phenols is 2. The molecule has 1 aliphatic heterocycles. The molecule has 3 rings (SSSR count). The number of aromatic nitrogens is 3. The maximum atomic E-state index is 9.80. The lowest BCUT2D eigenvalue weighted by Crippen LogP contribution is -2.15. The van der Waals surface area contributed by atoms with E-state index in [4.69, 9.17) is 23.2 Å². The minimum atomic E-state index is -1.18. The average molecular weight is 287 g/mol. The van der Waals surface area contributed by atoms with Crippen LogP contribution in [0.4, 0.5) is 0 Å². The quantitative estimate of drug-likeness (QED) is 0.497. The Hall–Kier alpha value is -1.66. The zero-order valence-corrected chi connectivity index (χ0v) is 10.4. The van der Waals surface area contributed by atoms with Gasteiger partial charge in [0.15, 0.2) is 0 Å². The summed E-state index contributed by atoms with van der Waals surface area (Å²) >= 11 is 12.3. The van der Waals surface area contributed by atoms with Gasteiger partial charge in [-0.3, -0.25) is 5.01 Å². The number of rotatable bonds is 2. The van der Waals surface area contributed by atoms with E-state index in [-0.39, 0.29) is 11.5 Å². The molecule has 1 aromatic heterocycles. The fraction of sp³-hybridized carbons (Fsp3) is 0.200. The molecule has 0 aliphatic carbocycles. The second-order valence-electron chi connectivity index (χ2n) is 3.92. The lowest BCUT2D eigenvalue weighted by atomic mass is 10.1. The van der Waals surface area contributed by atoms with Crippen LogP contribution in [0, 0.1) is 0 Å². The molecule has 0 unspecified atom stereocenters. The molecule has 1 saturated heterocycles. The standard InChI is InChI=1S/C10H8Cl2N4O2/c11-10(12)9(16(10)15-4-13-14-5-15)7-2-1-6(17)3-8(7)18/h1-5,9,17-18H/t9-,16?/m0/s1. The zero-order valence-electron chi connectivity index (χ0n) is 8.90. The van der Waals surface area contributed by atoms with E-state index in [2.05, 4.69) is 10.2 Å². The molecule has 1 aliphatic rings. The summed E-state index contributed by atoms with van der Waals surface area (Å²) in [5.74, 6) is -0.0938. The number of aromatic hydroxyl groups is 2. The molecule has 2 aromatic rings. The van der Waals surface area contributed by atoms with Crippen LogP contribution in [0.3, 0.4) is 0 Å². The van der Waals surface area contributed by atoms with Crippen molar-refractivity contribution in [3.63, 3.8) is 0 Å². The highest BCUT2D eigenvalue weighted by atomic mass is 35.5. The molecule has 2 N–H and O–H groups in total. The van der Waals surface area contributed by atoms with Crippen molar-refractivity contribution >= 4 is 23.2 Å². The number of alkyl halides is 2. The van der Waals surface area contributed by atoms with Crippen molar-refractivity contribution in [2.24, 2.45) is 0 Å². The van der Waals surface area contributed by atoms with Crippen molar-refractivity contribution in [1.82, 2.24) is 14.9 Å². The van der Waals surface area contributed by atoms with E-state index in [1.807, 2.05) is 0 Å². The van der Waals surface area contributed by atoms with Gasteiger partial charge in [-0.25, -0.2) is 4.68 Å². The maximum Gasteiger partial charge on any atom is 0.230 e. The second kappa shape index (κ2) is 3.66. The Balaban J connectivity index is 1.99. The summed E-state index contributed by atoms with van der Waals surface area (Å²) in [5, 5.41) is 28.0. The molecule has 0 bridgehead atoms. The van der Waals surface area contributed by atoms with Gasteiger partial charge in [0.1, 0.15) is 30.2 Å². The Kier molecular flexibility index (Phi) is 2.33. The first-order chi connectivity index (χ1) is 8.51. The molecule has 8 heteroatoms. The summed E-state index contributed by atoms with van der Waals surface area (Å²) in [6.45, 7) is 0. The van der Waals surface area contributed by atoms with Crippen molar-refractivity contribution < 1.29 is 10.2 Å². The molecule has 94 valence electrons. The van der Waals surface area contributed by atoms with E-state index in [1.54, 1.807) is 11.1 Å². The molecule has 0 radical (unpaired) electrons. The summed E-state index contributed by atoms with van der Waals surface area (Å²) in [6.07, 6.45) is 2.91. The molecule has 1 atom stereocenters. The van der Waals surface area contributed by atoms with Crippen LogP contribution in [0.25, 0.3) is 0 Å². The first kappa shape index (κ1) is 11.4. The molecule has 0 amide bonds. The summed E-state index contributed by atoms with van der Waals surface area (Å²) in [5.41, 5.74) is 0.520. The van der Waals surface area contributed by atoms with Crippen LogP contribution in [-0.4, -0.2) is 29.5 Å². The number of benzene rings is 1. The third-order valence-corrected chi connectivity index (χ3v) is 3.54. The number of phenolic OH excluding ortho intramolecular Hbond substituents is 2. The molecule has 0 spiro atoms. The highest BCUT2D eigenvalue weighted by molar-refractivity contribution is 6.52. The molecule has 18 heavy (non-hydrogen) atoms. The van der Waals surface area contributed by atoms with Crippen LogP contribution in [0.2, 0.25) is 0 Å². The molecular weight excluding hydrogens is 279 g/mol. The lowest BCUT2D eigenvalue weighted by molar-refractivity contribution is 0.445. The fourth-order valence-corrected chi connectivity index (χ4v) is 2.60. The third-order valence-electron chi connectivity index (χ3n) is 2.78. The first-order valence-electron chi connectivity index (χ1n) is 5.06. The smallest absolute Gasteiger partial charge is 0.230 e. The largest absolute Gasteiger partial charge is 0.508 e. The van der Waals surface area contributed by atoms with Gasteiger partial charge in [0, 0.05) is 11.6 Å². The number of halogens is 2. The van der Waals surface area contributed by atoms with Crippen LogP contribution in [0.5, 0.6) is 11.5 Å². The number of nitrogens with zero attached hydrogens (tertiary/aromatic N) is 4. The Morgan fingerprint density at radius 3 is 2.44 bits per heavy atom. The molecule has 0 saturated carbocycles. The summed E-state index contributed by atoms with van der Waals surface area (Å²) in [6, 6.07) is 3.83. The van der Waals surface area contributed by atoms with Crippen molar-refractivity contribution in [3.05, 3.63) is 36.4 Å². The van der Waals surface area contributed by atoms with Crippen LogP contribution >= 0.6 is 23.2 Å². The van der Waals surface area contributed by atoms with Crippen LogP contribution in [0.1, 0.15) is 11.6 Å². The minimum Gasteiger partial charge on any atom is -0.508 e. The molecule has 6 nitrogen and oxygen atoms in total. The van der Waals surface area contributed by atoms with Gasteiger partial charge in [-0.1, -0.05) is 23.2 Å². The first-order valence-corrected chi connectivity index (χ1v) is 5.81. The van der Waals surface area contributed by atoms with Gasteiger partial charge in [-0.05, 0) is 12.1 Å². The minimum absolute atomic E-state index is 0.0255. The van der Waals surface area contributed by atoms with Gasteiger partial charge in [0.2, 0.25) is 4.46 Å². The third kappa shape index (κ3) is 1.57. The van der Waals surface area contributed by atoms with Crippen molar-refractivity contribution in [3.8, 4) is 11.5 Å². The molecule has 2 heterocycles. The monoisotopic (exact) mass is 286 g/mol. The number of hydrogen-bond donors (Lipinski definition) is 2. The van der Waals surface area contributed by atoms with E-state index in [0.717, 1.165) is 0 Å². The van der Waals surface area contributed by atoms with Crippen molar-refractivity contribution in [2.75, 3.05) is 5.01 Å². The number of hydrogen-bond acceptors (Lipinski definition) is 5. The topological polar surface area (TPSA) is 74.2 Å². The lowest BCUT2D eigenvalue weighted by Gasteiger charge is -2.05. The maximum absolute atomic E-state index is 9.80. The Morgan fingerprint density at radius 1 is 1.17 bits per heavy atom. The summed E-state index contributed by atoms with van der Waals surface area (Å²) in [4.78, 5) is 0. The van der Waals surface area contributed by atoms with Crippen LogP contribution in [0.15, 0.2) is 30.9 Å². The predicted molar refractivity (Wildman–Crippen MR) is 65.2 cm³/mol. The Bertz CT molecular complexity index is 588. The van der Waals surface area contributed by atoms with E-state index < -0.39 is 10.5 Å². The zero-order chi connectivity index (χ0) is 12.9. The van der Waals surface area contributed by atoms with Gasteiger partial charge in [-0.15, -0.1) is 10.2 Å². The molecular formula is C10H8Cl2N4O2. The van der Waals surface area contributed by atoms with Gasteiger partial charge >= 0.3 is 0 Å². The summed E-state index contributed by atoms with van der Waals surface area (Å²) < 4.78 is 0.355. The SMILES string of the molecule is Oc1ccc([C@@H]2N(n3cnnc3)C2(Cl)Cl)c(O)c1. The highest BCUT2D eigenvalue weighted by Gasteiger charge is 2.64. The van der Waals surface area contributed by atoms with E-state index in [9.17, 15) is 10.2 Å². The van der Waals surface area contributed by atoms with E-state index in [1.165, 1.54) is 29.5 Å². The normalized spacial score (nSPS) is 21.0. The second-order valence-corrected chi connectivity index (χ2v) is 5.27. The van der Waals surface area contributed by atoms with Crippen LogP contribution in [-0.2, 0) is 0 Å². The predicted octanol–water partition coefficient (Wildman–Crippen LogP) is 1.51. The average Bonchev–Trinajstić information content (AvgIpc) is 2.68. The molecule has 1 aromatic carbocycles. The van der Waals surface area contributed by atoms with Gasteiger partial charge in [0.05, 0.1) is 0 Å². The van der Waals surface area contributed by atoms with E-state index in [0.29, 0.717) is 5.56 Å².